The lowest BCUT2D eigenvalue weighted by Gasteiger charge is -2.36. The molecule has 9 atom stereocenters. The van der Waals surface area contributed by atoms with Gasteiger partial charge in [-0.25, -0.2) is 13.9 Å². The van der Waals surface area contributed by atoms with Crippen molar-refractivity contribution >= 4 is 15.6 Å². The second-order valence-electron chi connectivity index (χ2n) is 7.47. The molecule has 2 fully saturated rings. The van der Waals surface area contributed by atoms with Crippen LogP contribution in [0.4, 0.5) is 0 Å². The van der Waals surface area contributed by atoms with E-state index in [0.29, 0.717) is 0 Å². The Bertz CT molecular complexity index is 1060. The summed E-state index contributed by atoms with van der Waals surface area (Å²) in [7, 11) is -10.7. The van der Waals surface area contributed by atoms with Gasteiger partial charge in [-0.05, 0) is 0 Å². The Hall–Kier alpha value is -1.30. The quantitative estimate of drug-likeness (QED) is 0.159. The van der Waals surface area contributed by atoms with Gasteiger partial charge in [-0.1, -0.05) is 0 Å². The molecule has 2 aliphatic rings. The molecule has 0 aromatic carbocycles. The van der Waals surface area contributed by atoms with Crippen LogP contribution in [-0.4, -0.2) is 89.8 Å². The van der Waals surface area contributed by atoms with Crippen molar-refractivity contribution in [1.29, 1.82) is 0 Å². The first-order valence-electron chi connectivity index (χ1n) is 9.77. The molecule has 3 rings (SSSR count). The van der Waals surface area contributed by atoms with E-state index in [9.17, 15) is 43.8 Å². The normalized spacial score (nSPS) is 35.5. The number of ether oxygens (including phenoxy) is 2. The summed E-state index contributed by atoms with van der Waals surface area (Å²) < 4.78 is 48.8. The van der Waals surface area contributed by atoms with Crippen LogP contribution in [0.1, 0.15) is 19.1 Å². The molecular formula is C15H24N2O15P2. The molecule has 0 bridgehead atoms. The Morgan fingerprint density at radius 2 is 1.71 bits per heavy atom. The zero-order valence-electron chi connectivity index (χ0n) is 17.2. The van der Waals surface area contributed by atoms with Gasteiger partial charge in [0.15, 0.2) is 6.29 Å². The molecule has 7 N–H and O–H groups in total. The van der Waals surface area contributed by atoms with Crippen LogP contribution >= 0.6 is 15.6 Å². The topological polar surface area (TPSA) is 257 Å². The van der Waals surface area contributed by atoms with Crippen LogP contribution in [0.5, 0.6) is 0 Å². The molecule has 1 aromatic rings. The van der Waals surface area contributed by atoms with Crippen molar-refractivity contribution in [1.82, 2.24) is 9.55 Å². The summed E-state index contributed by atoms with van der Waals surface area (Å²) in [5, 5.41) is 38.6. The van der Waals surface area contributed by atoms with Gasteiger partial charge in [-0.3, -0.25) is 23.4 Å². The molecule has 0 radical (unpaired) electrons. The minimum absolute atomic E-state index is 0.146. The highest BCUT2D eigenvalue weighted by molar-refractivity contribution is 7.61. The van der Waals surface area contributed by atoms with E-state index in [4.69, 9.17) is 14.6 Å². The molecule has 19 heteroatoms. The van der Waals surface area contributed by atoms with Crippen LogP contribution in [0, 0.1) is 0 Å². The number of H-pyrrole nitrogens is 1. The van der Waals surface area contributed by atoms with Crippen LogP contribution in [0.25, 0.3) is 0 Å². The number of hydrogen-bond donors (Lipinski definition) is 7. The average Bonchev–Trinajstić information content (AvgIpc) is 3.08. The Kier molecular flexibility index (Phi) is 8.63. The van der Waals surface area contributed by atoms with Crippen LogP contribution in [0.2, 0.25) is 0 Å². The van der Waals surface area contributed by atoms with Gasteiger partial charge in [0.05, 0.1) is 25.4 Å². The Morgan fingerprint density at radius 1 is 1.03 bits per heavy atom. The minimum atomic E-state index is -5.39. The molecule has 2 aliphatic heterocycles. The largest absolute Gasteiger partial charge is 0.483 e. The standard InChI is InChI=1S/C15H24N2O15P2/c18-5-10-7(19)3-9(21)14(30-10)31-34(26,27)32-33(24,25)28-6-11-8(20)4-13(29-11)17-2-1-12(22)16-15(17)23/h1-2,7-11,13-14,18-21H,3-6H2,(H,24,25)(H,26,27)(H,16,22,23)/t7?,8-,9?,10?,11+,13?,14?/m0/s1. The summed E-state index contributed by atoms with van der Waals surface area (Å²) in [4.78, 5) is 44.5. The lowest BCUT2D eigenvalue weighted by Crippen LogP contribution is -2.49. The highest BCUT2D eigenvalue weighted by Crippen LogP contribution is 2.61. The van der Waals surface area contributed by atoms with Crippen molar-refractivity contribution in [2.24, 2.45) is 0 Å². The molecule has 0 spiro atoms. The molecule has 0 saturated carbocycles. The molecule has 34 heavy (non-hydrogen) atoms. The van der Waals surface area contributed by atoms with Crippen molar-refractivity contribution < 1.29 is 62.2 Å². The number of rotatable bonds is 9. The van der Waals surface area contributed by atoms with E-state index < -0.39 is 83.1 Å². The summed E-state index contributed by atoms with van der Waals surface area (Å²) in [6.45, 7) is -1.52. The van der Waals surface area contributed by atoms with E-state index in [1.54, 1.807) is 0 Å². The van der Waals surface area contributed by atoms with Gasteiger partial charge in [0, 0.05) is 25.1 Å². The summed E-state index contributed by atoms with van der Waals surface area (Å²) >= 11 is 0. The lowest BCUT2D eigenvalue weighted by atomic mass is 10.0. The van der Waals surface area contributed by atoms with Crippen molar-refractivity contribution in [3.05, 3.63) is 33.1 Å². The van der Waals surface area contributed by atoms with E-state index in [2.05, 4.69) is 13.4 Å². The highest BCUT2D eigenvalue weighted by Gasteiger charge is 2.45. The number of aromatic nitrogens is 2. The minimum Gasteiger partial charge on any atom is -0.394 e. The summed E-state index contributed by atoms with van der Waals surface area (Å²) in [6.07, 6.45) is -9.05. The second kappa shape index (κ2) is 10.8. The second-order valence-corrected chi connectivity index (χ2v) is 10.5. The number of aliphatic hydroxyl groups is 4. The number of aromatic amines is 1. The van der Waals surface area contributed by atoms with Crippen molar-refractivity contribution in [3.63, 3.8) is 0 Å². The first-order chi connectivity index (χ1) is 15.8. The maximum Gasteiger partial charge on any atom is 0.483 e. The van der Waals surface area contributed by atoms with Crippen molar-refractivity contribution in [3.8, 4) is 0 Å². The fraction of sp³-hybridized carbons (Fsp3) is 0.733. The summed E-state index contributed by atoms with van der Waals surface area (Å²) in [6, 6.07) is 1.05. The Balaban J connectivity index is 1.56. The predicted octanol–water partition coefficient (Wildman–Crippen LogP) is -2.74. The van der Waals surface area contributed by atoms with Crippen molar-refractivity contribution in [2.75, 3.05) is 13.2 Å². The number of hydrogen-bond acceptors (Lipinski definition) is 13. The average molecular weight is 534 g/mol. The van der Waals surface area contributed by atoms with Gasteiger partial charge in [0.25, 0.3) is 5.56 Å². The van der Waals surface area contributed by atoms with Crippen LogP contribution in [-0.2, 0) is 32.0 Å². The molecule has 0 amide bonds. The van der Waals surface area contributed by atoms with Gasteiger partial charge in [0.1, 0.15) is 24.5 Å². The third-order valence-electron chi connectivity index (χ3n) is 4.93. The molecule has 194 valence electrons. The van der Waals surface area contributed by atoms with Crippen LogP contribution in [0.3, 0.4) is 0 Å². The zero-order valence-corrected chi connectivity index (χ0v) is 19.0. The Labute approximate surface area is 190 Å². The number of aliphatic hydroxyl groups excluding tert-OH is 4. The molecule has 3 heterocycles. The van der Waals surface area contributed by atoms with Crippen LogP contribution in [0.15, 0.2) is 21.9 Å². The maximum absolute atomic E-state index is 12.1. The highest BCUT2D eigenvalue weighted by atomic mass is 31.3. The fourth-order valence-corrected chi connectivity index (χ4v) is 5.46. The zero-order chi connectivity index (χ0) is 25.3. The lowest BCUT2D eigenvalue weighted by molar-refractivity contribution is -0.244. The Morgan fingerprint density at radius 3 is 2.35 bits per heavy atom. The van der Waals surface area contributed by atoms with Gasteiger partial charge >= 0.3 is 21.3 Å². The number of nitrogens with one attached hydrogen (secondary N) is 1. The van der Waals surface area contributed by atoms with Gasteiger partial charge in [-0.15, -0.1) is 0 Å². The van der Waals surface area contributed by atoms with E-state index in [1.165, 1.54) is 0 Å². The molecule has 7 unspecified atom stereocenters. The van der Waals surface area contributed by atoms with Crippen molar-refractivity contribution in [2.45, 2.75) is 55.9 Å². The number of phosphoric ester groups is 2. The third kappa shape index (κ3) is 6.89. The fourth-order valence-electron chi connectivity index (χ4n) is 3.29. The van der Waals surface area contributed by atoms with Gasteiger partial charge in [-0.2, -0.15) is 4.31 Å². The SMILES string of the molecule is O=c1ccn(C2C[C@H](O)[C@@H](COP(=O)(O)OP(=O)(O)OC3OC(CO)C(O)CC3O)O2)c(=O)[nH]1. The first-order valence-corrected chi connectivity index (χ1v) is 12.8. The number of nitrogens with zero attached hydrogens (tertiary/aromatic N) is 1. The van der Waals surface area contributed by atoms with E-state index in [-0.39, 0.29) is 12.8 Å². The maximum atomic E-state index is 12.1. The smallest absolute Gasteiger partial charge is 0.394 e. The molecule has 2 saturated heterocycles. The summed E-state index contributed by atoms with van der Waals surface area (Å²) in [5.41, 5.74) is -1.47. The van der Waals surface area contributed by atoms with E-state index >= 15 is 0 Å². The predicted molar refractivity (Wildman–Crippen MR) is 106 cm³/mol. The van der Waals surface area contributed by atoms with Gasteiger partial charge < -0.3 is 39.7 Å². The molecule has 0 aliphatic carbocycles. The van der Waals surface area contributed by atoms with E-state index in [0.717, 1.165) is 16.8 Å². The van der Waals surface area contributed by atoms with E-state index in [1.807, 2.05) is 4.98 Å². The third-order valence-corrected chi connectivity index (χ3v) is 7.53. The van der Waals surface area contributed by atoms with Crippen LogP contribution < -0.4 is 11.2 Å². The molecule has 1 aromatic heterocycles. The summed E-state index contributed by atoms with van der Waals surface area (Å²) in [5.74, 6) is 0. The number of phosphoric acid groups is 2. The first kappa shape index (κ1) is 27.3. The molecular weight excluding hydrogens is 510 g/mol. The van der Waals surface area contributed by atoms with Gasteiger partial charge in [0.2, 0.25) is 0 Å². The molecule has 17 nitrogen and oxygen atoms in total. The monoisotopic (exact) mass is 534 g/mol.